The second-order valence-electron chi connectivity index (χ2n) is 7.43. The molecule has 2 fully saturated rings. The zero-order valence-corrected chi connectivity index (χ0v) is 14.9. The van der Waals surface area contributed by atoms with E-state index in [1.54, 1.807) is 20.8 Å². The topological polar surface area (TPSA) is 71.1 Å². The van der Waals surface area contributed by atoms with Gasteiger partial charge in [-0.3, -0.25) is 9.59 Å². The molecule has 0 N–H and O–H groups in total. The van der Waals surface area contributed by atoms with E-state index in [2.05, 4.69) is 0 Å². The molecule has 0 aromatic rings. The summed E-state index contributed by atoms with van der Waals surface area (Å²) in [5.74, 6) is -1.72. The minimum Gasteiger partial charge on any atom is -0.461 e. The molecule has 0 bridgehead atoms. The van der Waals surface area contributed by atoms with Gasteiger partial charge in [0, 0.05) is 19.6 Å². The van der Waals surface area contributed by atoms with E-state index in [4.69, 9.17) is 18.9 Å². The third kappa shape index (κ3) is 2.76. The fourth-order valence-corrected chi connectivity index (χ4v) is 3.49. The van der Waals surface area contributed by atoms with Crippen LogP contribution in [0.3, 0.4) is 0 Å². The maximum absolute atomic E-state index is 12.1. The highest BCUT2D eigenvalue weighted by atomic mass is 16.7. The van der Waals surface area contributed by atoms with Crippen LogP contribution >= 0.6 is 0 Å². The highest BCUT2D eigenvalue weighted by Gasteiger charge is 2.75. The molecule has 1 aliphatic carbocycles. The van der Waals surface area contributed by atoms with E-state index in [-0.39, 0.29) is 24.5 Å². The summed E-state index contributed by atoms with van der Waals surface area (Å²) < 4.78 is 22.6. The third-order valence-corrected chi connectivity index (χ3v) is 4.96. The first-order chi connectivity index (χ1) is 10.6. The van der Waals surface area contributed by atoms with Crippen LogP contribution in [-0.4, -0.2) is 43.7 Å². The van der Waals surface area contributed by atoms with Gasteiger partial charge in [0.25, 0.3) is 0 Å². The largest absolute Gasteiger partial charge is 0.461 e. The molecule has 2 rings (SSSR count). The van der Waals surface area contributed by atoms with Gasteiger partial charge in [-0.2, -0.15) is 0 Å². The van der Waals surface area contributed by atoms with Gasteiger partial charge in [-0.1, -0.05) is 0 Å². The van der Waals surface area contributed by atoms with Gasteiger partial charge in [0.1, 0.15) is 12.7 Å². The molecule has 0 aromatic carbocycles. The first-order valence-electron chi connectivity index (χ1n) is 8.28. The van der Waals surface area contributed by atoms with Crippen molar-refractivity contribution in [3.8, 4) is 0 Å². The van der Waals surface area contributed by atoms with Crippen molar-refractivity contribution >= 4 is 11.9 Å². The predicted octanol–water partition coefficient (Wildman–Crippen LogP) is 2.30. The molecular weight excluding hydrogens is 300 g/mol. The smallest absolute Gasteiger partial charge is 0.311 e. The van der Waals surface area contributed by atoms with Crippen LogP contribution in [0.5, 0.6) is 0 Å². The molecule has 1 heterocycles. The molecule has 23 heavy (non-hydrogen) atoms. The van der Waals surface area contributed by atoms with E-state index in [1.165, 1.54) is 0 Å². The second kappa shape index (κ2) is 6.06. The Morgan fingerprint density at radius 2 is 1.83 bits per heavy atom. The van der Waals surface area contributed by atoms with Crippen LogP contribution in [0.4, 0.5) is 0 Å². The molecule has 6 nitrogen and oxygen atoms in total. The van der Waals surface area contributed by atoms with E-state index in [0.717, 1.165) is 0 Å². The lowest BCUT2D eigenvalue weighted by Crippen LogP contribution is -2.68. The molecule has 2 aliphatic rings. The highest BCUT2D eigenvalue weighted by molar-refractivity contribution is 5.79. The lowest BCUT2D eigenvalue weighted by molar-refractivity contribution is -0.364. The van der Waals surface area contributed by atoms with Crippen molar-refractivity contribution < 1.29 is 28.5 Å². The number of carbonyl (C=O) groups is 2. The lowest BCUT2D eigenvalue weighted by Gasteiger charge is -2.57. The summed E-state index contributed by atoms with van der Waals surface area (Å²) in [6.07, 6.45) is -0.0774. The Balaban J connectivity index is 2.17. The highest BCUT2D eigenvalue weighted by Crippen LogP contribution is 2.63. The van der Waals surface area contributed by atoms with E-state index >= 15 is 0 Å². The van der Waals surface area contributed by atoms with Crippen molar-refractivity contribution in [2.75, 3.05) is 19.8 Å². The van der Waals surface area contributed by atoms with Crippen molar-refractivity contribution in [2.45, 2.75) is 59.9 Å². The van der Waals surface area contributed by atoms with Crippen LogP contribution in [0.1, 0.15) is 48.0 Å². The molecule has 0 aromatic heterocycles. The zero-order valence-electron chi connectivity index (χ0n) is 14.9. The Hall–Kier alpha value is -1.14. The van der Waals surface area contributed by atoms with Gasteiger partial charge in [0.2, 0.25) is 0 Å². The number of hydrogen-bond acceptors (Lipinski definition) is 6. The molecule has 1 saturated heterocycles. The maximum Gasteiger partial charge on any atom is 0.311 e. The lowest BCUT2D eigenvalue weighted by atomic mass is 9.55. The average Bonchev–Trinajstić information content (AvgIpc) is 2.65. The molecular formula is C17H28O6. The summed E-state index contributed by atoms with van der Waals surface area (Å²) in [6.45, 7) is 12.0. The first kappa shape index (κ1) is 18.2. The van der Waals surface area contributed by atoms with Crippen LogP contribution in [0.2, 0.25) is 0 Å². The van der Waals surface area contributed by atoms with E-state index in [0.29, 0.717) is 19.6 Å². The number of fused-ring (bicyclic) bond motifs is 1. The summed E-state index contributed by atoms with van der Waals surface area (Å²) in [7, 11) is 0. The molecule has 0 radical (unpaired) electrons. The molecule has 0 spiro atoms. The monoisotopic (exact) mass is 328 g/mol. The zero-order chi connectivity index (χ0) is 17.5. The van der Waals surface area contributed by atoms with Gasteiger partial charge in [-0.15, -0.1) is 0 Å². The SMILES string of the molecule is CCOC1(OCC)C[C@H]2C(=O)O[C@H](COC(=O)C(C)(C)C)[C@]21C. The quantitative estimate of drug-likeness (QED) is 0.550. The molecule has 1 aliphatic heterocycles. The summed E-state index contributed by atoms with van der Waals surface area (Å²) >= 11 is 0. The molecule has 0 unspecified atom stereocenters. The summed E-state index contributed by atoms with van der Waals surface area (Å²) in [6, 6.07) is 0. The van der Waals surface area contributed by atoms with Gasteiger partial charge in [0.15, 0.2) is 5.79 Å². The molecule has 3 atom stereocenters. The van der Waals surface area contributed by atoms with Crippen LogP contribution in [-0.2, 0) is 28.5 Å². The van der Waals surface area contributed by atoms with Crippen molar-refractivity contribution in [3.05, 3.63) is 0 Å². The first-order valence-corrected chi connectivity index (χ1v) is 8.28. The van der Waals surface area contributed by atoms with Gasteiger partial charge in [0.05, 0.1) is 16.7 Å². The minimum atomic E-state index is -0.855. The van der Waals surface area contributed by atoms with Gasteiger partial charge < -0.3 is 18.9 Å². The van der Waals surface area contributed by atoms with Crippen LogP contribution in [0, 0.1) is 16.7 Å². The van der Waals surface area contributed by atoms with Crippen LogP contribution in [0.25, 0.3) is 0 Å². The summed E-state index contributed by atoms with van der Waals surface area (Å²) in [5, 5.41) is 0. The van der Waals surface area contributed by atoms with E-state index in [9.17, 15) is 9.59 Å². The van der Waals surface area contributed by atoms with Gasteiger partial charge in [-0.25, -0.2) is 0 Å². The molecule has 1 saturated carbocycles. The number of esters is 2. The predicted molar refractivity (Wildman–Crippen MR) is 82.5 cm³/mol. The Kier molecular flexibility index (Phi) is 4.79. The number of carbonyl (C=O) groups excluding carboxylic acids is 2. The van der Waals surface area contributed by atoms with Crippen LogP contribution < -0.4 is 0 Å². The van der Waals surface area contributed by atoms with Crippen molar-refractivity contribution in [3.63, 3.8) is 0 Å². The van der Waals surface area contributed by atoms with Crippen LogP contribution in [0.15, 0.2) is 0 Å². The Morgan fingerprint density at radius 1 is 1.26 bits per heavy atom. The molecule has 0 amide bonds. The van der Waals surface area contributed by atoms with Crippen molar-refractivity contribution in [1.29, 1.82) is 0 Å². The van der Waals surface area contributed by atoms with Gasteiger partial charge >= 0.3 is 11.9 Å². The minimum absolute atomic E-state index is 0.0245. The Bertz CT molecular complexity index is 474. The number of cyclic esters (lactones) is 1. The van der Waals surface area contributed by atoms with Gasteiger partial charge in [-0.05, 0) is 41.5 Å². The second-order valence-corrected chi connectivity index (χ2v) is 7.43. The Morgan fingerprint density at radius 3 is 2.30 bits per heavy atom. The average molecular weight is 328 g/mol. The normalized spacial score (nSPS) is 32.0. The summed E-state index contributed by atoms with van der Waals surface area (Å²) in [4.78, 5) is 24.1. The van der Waals surface area contributed by atoms with E-state index in [1.807, 2.05) is 20.8 Å². The number of ether oxygens (including phenoxy) is 4. The summed E-state index contributed by atoms with van der Waals surface area (Å²) in [5.41, 5.74) is -1.24. The third-order valence-electron chi connectivity index (χ3n) is 4.96. The molecule has 6 heteroatoms. The Labute approximate surface area is 137 Å². The van der Waals surface area contributed by atoms with E-state index < -0.39 is 22.7 Å². The number of rotatable bonds is 6. The van der Waals surface area contributed by atoms with Crippen molar-refractivity contribution in [2.24, 2.45) is 16.7 Å². The number of hydrogen-bond donors (Lipinski definition) is 0. The standard InChI is InChI=1S/C17H28O6/c1-7-21-17(22-8-2)9-11-13(18)23-12(16(11,17)6)10-20-14(19)15(3,4)5/h11-12H,7-10H2,1-6H3/t11-,12+,16-/m0/s1. The molecule has 132 valence electrons. The fraction of sp³-hybridized carbons (Fsp3) is 0.882. The maximum atomic E-state index is 12.1. The fourth-order valence-electron chi connectivity index (χ4n) is 3.49. The van der Waals surface area contributed by atoms with Crippen molar-refractivity contribution in [1.82, 2.24) is 0 Å².